The van der Waals surface area contributed by atoms with E-state index in [9.17, 15) is 23.9 Å². The maximum atomic E-state index is 13.8. The summed E-state index contributed by atoms with van der Waals surface area (Å²) in [6.45, 7) is 4.67. The van der Waals surface area contributed by atoms with E-state index in [4.69, 9.17) is 9.47 Å². The Hall–Kier alpha value is -4.64. The lowest BCUT2D eigenvalue weighted by Gasteiger charge is -2.16. The van der Waals surface area contributed by atoms with Gasteiger partial charge in [0.2, 0.25) is 0 Å². The van der Waals surface area contributed by atoms with Crippen molar-refractivity contribution in [3.05, 3.63) is 77.6 Å². The highest BCUT2D eigenvalue weighted by molar-refractivity contribution is 6.00. The lowest BCUT2D eigenvalue weighted by molar-refractivity contribution is -0.117. The minimum Gasteiger partial charge on any atom is -0.495 e. The number of methoxy groups -OCH3 is 1. The third-order valence-corrected chi connectivity index (χ3v) is 5.57. The van der Waals surface area contributed by atoms with E-state index >= 15 is 0 Å². The molecule has 212 valence electrons. The number of hydrogen-bond donors (Lipinski definition) is 5. The van der Waals surface area contributed by atoms with Gasteiger partial charge in [-0.15, -0.1) is 0 Å². The van der Waals surface area contributed by atoms with Crippen LogP contribution in [0.25, 0.3) is 0 Å². The van der Waals surface area contributed by atoms with Crippen LogP contribution in [0.4, 0.5) is 26.2 Å². The molecular formula is C29H33FN4O6. The summed E-state index contributed by atoms with van der Waals surface area (Å²) in [6, 6.07) is 14.8. The van der Waals surface area contributed by atoms with Gasteiger partial charge in [-0.2, -0.15) is 0 Å². The van der Waals surface area contributed by atoms with E-state index in [0.29, 0.717) is 35.0 Å². The van der Waals surface area contributed by atoms with Crippen LogP contribution < -0.4 is 30.7 Å². The van der Waals surface area contributed by atoms with E-state index in [2.05, 4.69) is 21.3 Å². The fourth-order valence-corrected chi connectivity index (χ4v) is 3.75. The number of nitrogens with one attached hydrogen (secondary N) is 4. The smallest absolute Gasteiger partial charge is 0.335 e. The van der Waals surface area contributed by atoms with Crippen LogP contribution >= 0.6 is 0 Å². The van der Waals surface area contributed by atoms with Crippen LogP contribution in [0.1, 0.15) is 29.8 Å². The first-order valence-electron chi connectivity index (χ1n) is 12.6. The van der Waals surface area contributed by atoms with E-state index in [1.54, 1.807) is 30.3 Å². The summed E-state index contributed by atoms with van der Waals surface area (Å²) in [5.74, 6) is -0.758. The molecule has 0 atom stereocenters. The molecule has 0 heterocycles. The minimum absolute atomic E-state index is 0.0443. The van der Waals surface area contributed by atoms with Gasteiger partial charge in [0.1, 0.15) is 23.9 Å². The van der Waals surface area contributed by atoms with Crippen LogP contribution in [0, 0.1) is 5.82 Å². The summed E-state index contributed by atoms with van der Waals surface area (Å²) < 4.78 is 24.9. The van der Waals surface area contributed by atoms with Gasteiger partial charge in [0, 0.05) is 19.0 Å². The molecule has 0 saturated heterocycles. The lowest BCUT2D eigenvalue weighted by atomic mass is 10.1. The Morgan fingerprint density at radius 3 is 2.38 bits per heavy atom. The number of rotatable bonds is 14. The number of aromatic carboxylic acids is 1. The van der Waals surface area contributed by atoms with Gasteiger partial charge in [-0.1, -0.05) is 18.2 Å². The van der Waals surface area contributed by atoms with Gasteiger partial charge in [-0.25, -0.2) is 14.0 Å². The number of carboxylic acids is 1. The number of ether oxygens (including phenoxy) is 2. The molecule has 0 aliphatic heterocycles. The van der Waals surface area contributed by atoms with Crippen molar-refractivity contribution >= 4 is 34.8 Å². The second-order valence-corrected chi connectivity index (χ2v) is 9.15. The third kappa shape index (κ3) is 8.98. The summed E-state index contributed by atoms with van der Waals surface area (Å²) in [5.41, 5.74) is 1.85. The van der Waals surface area contributed by atoms with Crippen molar-refractivity contribution in [2.24, 2.45) is 0 Å². The number of Topliss-reactive ketones (excluding diaryl/α,β-unsaturated/α-hetero) is 1. The molecular weight excluding hydrogens is 519 g/mol. The first kappa shape index (κ1) is 29.9. The lowest BCUT2D eigenvalue weighted by Crippen LogP contribution is -2.28. The van der Waals surface area contributed by atoms with Crippen LogP contribution in [0.3, 0.4) is 0 Å². The minimum atomic E-state index is -1.02. The Morgan fingerprint density at radius 2 is 1.68 bits per heavy atom. The maximum absolute atomic E-state index is 13.8. The number of anilines is 3. The first-order valence-corrected chi connectivity index (χ1v) is 12.6. The van der Waals surface area contributed by atoms with Crippen molar-refractivity contribution in [2.75, 3.05) is 42.8 Å². The van der Waals surface area contributed by atoms with Gasteiger partial charge in [0.15, 0.2) is 5.78 Å². The zero-order valence-corrected chi connectivity index (χ0v) is 22.5. The summed E-state index contributed by atoms with van der Waals surface area (Å²) in [5, 5.41) is 20.5. The summed E-state index contributed by atoms with van der Waals surface area (Å²) in [7, 11) is 1.44. The molecule has 0 aromatic heterocycles. The van der Waals surface area contributed by atoms with Gasteiger partial charge >= 0.3 is 12.0 Å². The number of urea groups is 1. The van der Waals surface area contributed by atoms with E-state index in [1.165, 1.54) is 37.4 Å². The van der Waals surface area contributed by atoms with Crippen LogP contribution in [0.2, 0.25) is 0 Å². The van der Waals surface area contributed by atoms with Gasteiger partial charge in [0.25, 0.3) is 0 Å². The number of halogens is 1. The molecule has 0 aliphatic rings. The van der Waals surface area contributed by atoms with Crippen molar-refractivity contribution < 1.29 is 33.4 Å². The van der Waals surface area contributed by atoms with Crippen molar-refractivity contribution in [3.63, 3.8) is 0 Å². The Kier molecular flexibility index (Phi) is 10.8. The summed E-state index contributed by atoms with van der Waals surface area (Å²) in [4.78, 5) is 36.0. The van der Waals surface area contributed by atoms with Gasteiger partial charge in [-0.05, 0) is 61.9 Å². The second-order valence-electron chi connectivity index (χ2n) is 9.15. The molecule has 0 spiro atoms. The fraction of sp³-hybridized carbons (Fsp3) is 0.276. The van der Waals surface area contributed by atoms with E-state index < -0.39 is 17.8 Å². The molecule has 2 amide bonds. The molecule has 3 aromatic rings. The van der Waals surface area contributed by atoms with Crippen molar-refractivity contribution in [2.45, 2.75) is 26.3 Å². The van der Waals surface area contributed by atoms with Crippen molar-refractivity contribution in [3.8, 4) is 11.5 Å². The van der Waals surface area contributed by atoms with Gasteiger partial charge < -0.3 is 35.8 Å². The molecule has 10 nitrogen and oxygen atoms in total. The molecule has 40 heavy (non-hydrogen) atoms. The molecule has 0 aliphatic carbocycles. The average Bonchev–Trinajstić information content (AvgIpc) is 2.91. The fourth-order valence-electron chi connectivity index (χ4n) is 3.75. The number of ketones is 1. The number of carboxylic acid groups (broad SMARTS) is 1. The number of benzene rings is 3. The molecule has 0 fully saturated rings. The highest BCUT2D eigenvalue weighted by Gasteiger charge is 2.13. The Labute approximate surface area is 231 Å². The van der Waals surface area contributed by atoms with Crippen LogP contribution in [0.15, 0.2) is 60.7 Å². The Morgan fingerprint density at radius 1 is 0.925 bits per heavy atom. The molecule has 5 N–H and O–H groups in total. The number of para-hydroxylation sites is 1. The maximum Gasteiger partial charge on any atom is 0.335 e. The molecule has 0 bridgehead atoms. The predicted octanol–water partition coefficient (Wildman–Crippen LogP) is 4.78. The highest BCUT2D eigenvalue weighted by Crippen LogP contribution is 2.27. The number of amides is 2. The largest absolute Gasteiger partial charge is 0.495 e. The number of carbonyl (C=O) groups excluding carboxylic acids is 2. The molecule has 11 heteroatoms. The van der Waals surface area contributed by atoms with E-state index in [-0.39, 0.29) is 42.6 Å². The van der Waals surface area contributed by atoms with Crippen LogP contribution in [-0.2, 0) is 11.2 Å². The molecule has 3 rings (SSSR count). The van der Waals surface area contributed by atoms with Crippen LogP contribution in [0.5, 0.6) is 11.5 Å². The standard InChI is InChI=1S/C29H33FN4O6/c1-18(2)32-25-16-20(28(36)37)9-11-26(25)40-13-12-31-17-21(35)14-19-8-10-24(27(15-19)39-3)34-29(38)33-23-7-5-4-6-22(23)30/h4-11,15-16,18,31-32H,12-14,17H2,1-3H3,(H,36,37)(H2,33,34,38). The number of carbonyl (C=O) groups is 3. The first-order chi connectivity index (χ1) is 19.2. The molecule has 0 radical (unpaired) electrons. The van der Waals surface area contributed by atoms with E-state index in [0.717, 1.165) is 0 Å². The van der Waals surface area contributed by atoms with Crippen molar-refractivity contribution in [1.29, 1.82) is 0 Å². The van der Waals surface area contributed by atoms with Crippen LogP contribution in [-0.4, -0.2) is 55.7 Å². The average molecular weight is 553 g/mol. The SMILES string of the molecule is COc1cc(CC(=O)CNCCOc2ccc(C(=O)O)cc2NC(C)C)ccc1NC(=O)Nc1ccccc1F. The van der Waals surface area contributed by atoms with Gasteiger partial charge in [-0.3, -0.25) is 4.79 Å². The molecule has 0 saturated carbocycles. The Bertz CT molecular complexity index is 1350. The second kappa shape index (κ2) is 14.5. The Balaban J connectivity index is 1.47. The normalized spacial score (nSPS) is 10.6. The third-order valence-electron chi connectivity index (χ3n) is 5.57. The van der Waals surface area contributed by atoms with E-state index in [1.807, 2.05) is 13.8 Å². The number of hydrogen-bond acceptors (Lipinski definition) is 7. The quantitative estimate of drug-likeness (QED) is 0.180. The highest BCUT2D eigenvalue weighted by atomic mass is 19.1. The predicted molar refractivity (Wildman–Crippen MR) is 151 cm³/mol. The summed E-state index contributed by atoms with van der Waals surface area (Å²) >= 11 is 0. The van der Waals surface area contributed by atoms with Crippen molar-refractivity contribution in [1.82, 2.24) is 5.32 Å². The zero-order chi connectivity index (χ0) is 29.1. The zero-order valence-electron chi connectivity index (χ0n) is 22.5. The summed E-state index contributed by atoms with van der Waals surface area (Å²) in [6.07, 6.45) is 0.144. The topological polar surface area (TPSA) is 138 Å². The monoisotopic (exact) mass is 552 g/mol. The molecule has 3 aromatic carbocycles. The van der Waals surface area contributed by atoms with Gasteiger partial charge in [0.05, 0.1) is 36.3 Å². The molecule has 0 unspecified atom stereocenters.